The summed E-state index contributed by atoms with van der Waals surface area (Å²) in [6, 6.07) is 6.16. The van der Waals surface area contributed by atoms with Gasteiger partial charge in [-0.3, -0.25) is 9.58 Å². The molecule has 1 heterocycles. The molecule has 21 heavy (non-hydrogen) atoms. The number of halogens is 1. The van der Waals surface area contributed by atoms with Crippen LogP contribution in [0.15, 0.2) is 36.7 Å². The molecule has 2 rings (SSSR count). The zero-order chi connectivity index (χ0) is 15.2. The number of para-hydroxylation sites is 1. The fraction of sp³-hybridized carbons (Fsp3) is 0.400. The monoisotopic (exact) mass is 293 g/mol. The van der Waals surface area contributed by atoms with Gasteiger partial charge in [-0.25, -0.2) is 4.39 Å². The first kappa shape index (κ1) is 15.5. The van der Waals surface area contributed by atoms with Gasteiger partial charge in [0, 0.05) is 31.9 Å². The molecule has 1 aromatic carbocycles. The van der Waals surface area contributed by atoms with Crippen LogP contribution in [-0.2, 0) is 13.6 Å². The quantitative estimate of drug-likeness (QED) is 0.839. The van der Waals surface area contributed by atoms with Crippen molar-refractivity contribution in [3.63, 3.8) is 0 Å². The lowest BCUT2D eigenvalue weighted by Gasteiger charge is -2.20. The average Bonchev–Trinajstić information content (AvgIpc) is 2.83. The number of aromatic nitrogens is 2. The first-order valence-corrected chi connectivity index (χ1v) is 6.76. The summed E-state index contributed by atoms with van der Waals surface area (Å²) in [6.45, 7) is 1.17. The van der Waals surface area contributed by atoms with Gasteiger partial charge in [-0.15, -0.1) is 0 Å². The Balaban J connectivity index is 1.76. The largest absolute Gasteiger partial charge is 0.488 e. The Hall–Kier alpha value is -1.92. The van der Waals surface area contributed by atoms with Crippen molar-refractivity contribution in [2.75, 3.05) is 20.2 Å². The van der Waals surface area contributed by atoms with Crippen molar-refractivity contribution in [1.82, 2.24) is 14.7 Å². The fourth-order valence-electron chi connectivity index (χ4n) is 2.09. The number of rotatable bonds is 7. The van der Waals surface area contributed by atoms with Crippen LogP contribution < -0.4 is 4.74 Å². The Morgan fingerprint density at radius 3 is 2.86 bits per heavy atom. The molecule has 0 aliphatic carbocycles. The average molecular weight is 293 g/mol. The molecular weight excluding hydrogens is 273 g/mol. The Bertz CT molecular complexity index is 574. The van der Waals surface area contributed by atoms with E-state index in [0.29, 0.717) is 13.1 Å². The Labute approximate surface area is 123 Å². The number of aliphatic hydroxyl groups excluding tert-OH is 1. The number of likely N-dealkylation sites (N-methyl/N-ethyl adjacent to an activating group) is 1. The van der Waals surface area contributed by atoms with E-state index in [2.05, 4.69) is 5.10 Å². The number of aliphatic hydroxyl groups is 1. The topological polar surface area (TPSA) is 50.5 Å². The van der Waals surface area contributed by atoms with Crippen molar-refractivity contribution in [3.05, 3.63) is 48.0 Å². The highest BCUT2D eigenvalue weighted by Crippen LogP contribution is 2.15. The number of benzene rings is 1. The minimum Gasteiger partial charge on any atom is -0.488 e. The van der Waals surface area contributed by atoms with Gasteiger partial charge in [-0.05, 0) is 19.2 Å². The lowest BCUT2D eigenvalue weighted by atomic mass is 10.3. The van der Waals surface area contributed by atoms with Gasteiger partial charge in [0.05, 0.1) is 6.20 Å². The van der Waals surface area contributed by atoms with Crippen LogP contribution in [0.5, 0.6) is 5.75 Å². The second kappa shape index (κ2) is 7.19. The molecule has 2 aromatic rings. The molecule has 1 N–H and O–H groups in total. The van der Waals surface area contributed by atoms with E-state index in [9.17, 15) is 9.50 Å². The molecule has 6 heteroatoms. The van der Waals surface area contributed by atoms with Crippen molar-refractivity contribution in [3.8, 4) is 5.75 Å². The molecule has 0 aliphatic rings. The van der Waals surface area contributed by atoms with Gasteiger partial charge in [0.1, 0.15) is 12.7 Å². The van der Waals surface area contributed by atoms with Crippen molar-refractivity contribution in [2.45, 2.75) is 12.6 Å². The SMILES string of the molecule is CN(Cc1cnn(C)c1)CC(O)COc1ccccc1F. The normalized spacial score (nSPS) is 12.6. The van der Waals surface area contributed by atoms with Crippen molar-refractivity contribution >= 4 is 0 Å². The first-order valence-electron chi connectivity index (χ1n) is 6.76. The maximum Gasteiger partial charge on any atom is 0.165 e. The van der Waals surface area contributed by atoms with Crippen molar-refractivity contribution < 1.29 is 14.2 Å². The highest BCUT2D eigenvalue weighted by molar-refractivity contribution is 5.23. The summed E-state index contributed by atoms with van der Waals surface area (Å²) in [7, 11) is 3.76. The summed E-state index contributed by atoms with van der Waals surface area (Å²) in [5.74, 6) is -0.264. The highest BCUT2D eigenvalue weighted by Gasteiger charge is 2.11. The molecule has 0 saturated carbocycles. The Kier molecular flexibility index (Phi) is 5.30. The molecular formula is C15H20FN3O2. The molecule has 5 nitrogen and oxygen atoms in total. The molecule has 0 spiro atoms. The third-order valence-corrected chi connectivity index (χ3v) is 3.00. The summed E-state index contributed by atoms with van der Waals surface area (Å²) in [6.07, 6.45) is 3.03. The summed E-state index contributed by atoms with van der Waals surface area (Å²) in [5, 5.41) is 14.0. The van der Waals surface area contributed by atoms with Crippen molar-refractivity contribution in [1.29, 1.82) is 0 Å². The lowest BCUT2D eigenvalue weighted by Crippen LogP contribution is -2.32. The second-order valence-corrected chi connectivity index (χ2v) is 5.11. The van der Waals surface area contributed by atoms with Crippen molar-refractivity contribution in [2.24, 2.45) is 7.05 Å². The summed E-state index contributed by atoms with van der Waals surface area (Å²) in [5.41, 5.74) is 1.07. The maximum absolute atomic E-state index is 13.4. The van der Waals surface area contributed by atoms with Gasteiger partial charge in [0.2, 0.25) is 0 Å². The minimum absolute atomic E-state index is 0.0539. The van der Waals surface area contributed by atoms with Crippen LogP contribution in [0, 0.1) is 5.82 Å². The van der Waals surface area contributed by atoms with Crippen LogP contribution >= 0.6 is 0 Å². The summed E-state index contributed by atoms with van der Waals surface area (Å²) < 4.78 is 20.4. The highest BCUT2D eigenvalue weighted by atomic mass is 19.1. The molecule has 0 aliphatic heterocycles. The van der Waals surface area contributed by atoms with E-state index in [0.717, 1.165) is 5.56 Å². The van der Waals surface area contributed by atoms with Crippen LogP contribution in [0.3, 0.4) is 0 Å². The van der Waals surface area contributed by atoms with E-state index in [1.54, 1.807) is 29.1 Å². The number of hydrogen-bond acceptors (Lipinski definition) is 4. The molecule has 0 saturated heterocycles. The van der Waals surface area contributed by atoms with E-state index in [4.69, 9.17) is 4.74 Å². The summed E-state index contributed by atoms with van der Waals surface area (Å²) in [4.78, 5) is 1.96. The van der Waals surface area contributed by atoms with Crippen LogP contribution in [-0.4, -0.2) is 46.1 Å². The fourth-order valence-corrected chi connectivity index (χ4v) is 2.09. The number of aryl methyl sites for hydroxylation is 1. The molecule has 114 valence electrons. The second-order valence-electron chi connectivity index (χ2n) is 5.11. The van der Waals surface area contributed by atoms with E-state index in [-0.39, 0.29) is 12.4 Å². The van der Waals surface area contributed by atoms with Crippen LogP contribution in [0.25, 0.3) is 0 Å². The number of nitrogens with zero attached hydrogens (tertiary/aromatic N) is 3. The predicted octanol–water partition coefficient (Wildman–Crippen LogP) is 1.43. The zero-order valence-corrected chi connectivity index (χ0v) is 12.2. The third-order valence-electron chi connectivity index (χ3n) is 3.00. The predicted molar refractivity (Wildman–Crippen MR) is 77.4 cm³/mol. The third kappa shape index (κ3) is 4.84. The number of ether oxygens (including phenoxy) is 1. The molecule has 0 fully saturated rings. The molecule has 0 bridgehead atoms. The Morgan fingerprint density at radius 1 is 1.43 bits per heavy atom. The van der Waals surface area contributed by atoms with Gasteiger partial charge in [0.25, 0.3) is 0 Å². The van der Waals surface area contributed by atoms with E-state index >= 15 is 0 Å². The van der Waals surface area contributed by atoms with Gasteiger partial charge >= 0.3 is 0 Å². The zero-order valence-electron chi connectivity index (χ0n) is 12.2. The standard InChI is InChI=1S/C15H20FN3O2/c1-18(8-12-7-17-19(2)9-12)10-13(20)11-21-15-6-4-3-5-14(15)16/h3-7,9,13,20H,8,10-11H2,1-2H3. The Morgan fingerprint density at radius 2 is 2.19 bits per heavy atom. The minimum atomic E-state index is -0.689. The van der Waals surface area contributed by atoms with E-state index in [1.807, 2.05) is 25.2 Å². The summed E-state index contributed by atoms with van der Waals surface area (Å²) >= 11 is 0. The smallest absolute Gasteiger partial charge is 0.165 e. The van der Waals surface area contributed by atoms with E-state index < -0.39 is 11.9 Å². The number of hydrogen-bond donors (Lipinski definition) is 1. The van der Waals surface area contributed by atoms with Gasteiger partial charge in [-0.1, -0.05) is 12.1 Å². The van der Waals surface area contributed by atoms with Gasteiger partial charge in [0.15, 0.2) is 11.6 Å². The lowest BCUT2D eigenvalue weighted by molar-refractivity contribution is 0.0728. The molecule has 1 unspecified atom stereocenters. The van der Waals surface area contributed by atoms with Crippen LogP contribution in [0.1, 0.15) is 5.56 Å². The van der Waals surface area contributed by atoms with Crippen LogP contribution in [0.2, 0.25) is 0 Å². The maximum atomic E-state index is 13.4. The van der Waals surface area contributed by atoms with Gasteiger partial charge < -0.3 is 9.84 Å². The first-order chi connectivity index (χ1) is 10.0. The molecule has 0 radical (unpaired) electrons. The van der Waals surface area contributed by atoms with Gasteiger partial charge in [-0.2, -0.15) is 5.10 Å². The molecule has 1 atom stereocenters. The van der Waals surface area contributed by atoms with Crippen LogP contribution in [0.4, 0.5) is 4.39 Å². The molecule has 0 amide bonds. The molecule has 1 aromatic heterocycles. The van der Waals surface area contributed by atoms with E-state index in [1.165, 1.54) is 6.07 Å².